The number of likely N-dealkylation sites (tertiary alicyclic amines) is 1. The van der Waals surface area contributed by atoms with Gasteiger partial charge in [-0.15, -0.1) is 10.2 Å². The van der Waals surface area contributed by atoms with Gasteiger partial charge in [-0.1, -0.05) is 67.7 Å². The Morgan fingerprint density at radius 3 is 2.24 bits per heavy atom. The number of benzene rings is 1. The standard InChI is InChI=1S/C24H27N5O3S/c1-13(2)20-27-28-24(33-20)26-23(32)25-17(12-14-6-4-3-5-7-14)29-21(30)18-15-8-9-16(11-10-15)19(18)22(29)31/h3-9,13,15-19H,10-12H2,1-2H3,(H2,25,26,28,32)/t15-,16-,17+,18-,19+/m0/s1. The van der Waals surface area contributed by atoms with E-state index in [1.54, 1.807) is 0 Å². The van der Waals surface area contributed by atoms with Crippen LogP contribution in [0, 0.1) is 23.7 Å². The minimum absolute atomic E-state index is 0.100. The maximum Gasteiger partial charge on any atom is 0.322 e. The molecule has 4 amide bonds. The van der Waals surface area contributed by atoms with Crippen molar-refractivity contribution in [2.24, 2.45) is 23.7 Å². The summed E-state index contributed by atoms with van der Waals surface area (Å²) in [5, 5.41) is 14.9. The number of hydrogen-bond acceptors (Lipinski definition) is 6. The molecule has 172 valence electrons. The number of amides is 4. The van der Waals surface area contributed by atoms with Crippen LogP contribution in [-0.2, 0) is 16.0 Å². The van der Waals surface area contributed by atoms with Crippen LogP contribution in [0.4, 0.5) is 9.93 Å². The van der Waals surface area contributed by atoms with Gasteiger partial charge in [0.25, 0.3) is 0 Å². The lowest BCUT2D eigenvalue weighted by atomic mass is 9.63. The molecule has 2 heterocycles. The zero-order valence-corrected chi connectivity index (χ0v) is 19.4. The van der Waals surface area contributed by atoms with Crippen molar-refractivity contribution in [2.75, 3.05) is 5.32 Å². The van der Waals surface area contributed by atoms with E-state index >= 15 is 0 Å². The van der Waals surface area contributed by atoms with Gasteiger partial charge < -0.3 is 5.32 Å². The summed E-state index contributed by atoms with van der Waals surface area (Å²) in [4.78, 5) is 41.1. The zero-order valence-electron chi connectivity index (χ0n) is 18.6. The highest BCUT2D eigenvalue weighted by Crippen LogP contribution is 2.50. The lowest BCUT2D eigenvalue weighted by Gasteiger charge is -2.38. The molecule has 2 N–H and O–H groups in total. The van der Waals surface area contributed by atoms with Gasteiger partial charge in [0.15, 0.2) is 0 Å². The second-order valence-corrected chi connectivity index (χ2v) is 10.3. The Kier molecular flexibility index (Phi) is 5.74. The molecule has 9 heteroatoms. The summed E-state index contributed by atoms with van der Waals surface area (Å²) < 4.78 is 0. The second kappa shape index (κ2) is 8.70. The lowest BCUT2D eigenvalue weighted by Crippen LogP contribution is -2.53. The first-order valence-corrected chi connectivity index (χ1v) is 12.2. The average Bonchev–Trinajstić information content (AvgIpc) is 3.38. The number of nitrogens with one attached hydrogen (secondary N) is 2. The number of fused-ring (bicyclic) bond motifs is 1. The van der Waals surface area contributed by atoms with E-state index < -0.39 is 12.2 Å². The predicted octanol–water partition coefficient (Wildman–Crippen LogP) is 3.55. The van der Waals surface area contributed by atoms with Crippen molar-refractivity contribution in [3.63, 3.8) is 0 Å². The van der Waals surface area contributed by atoms with Crippen LogP contribution in [0.2, 0.25) is 0 Å². The van der Waals surface area contributed by atoms with Gasteiger partial charge in [0.2, 0.25) is 16.9 Å². The SMILES string of the molecule is CC(C)c1nnc(NC(=O)N[C@@H](Cc2ccccc2)N2C(=O)[C@@H]3[C@H](C2=O)[C@H]2C=C[C@H]3CC2)s1. The number of aromatic nitrogens is 2. The number of carbonyl (C=O) groups excluding carboxylic acids is 3. The number of anilines is 1. The highest BCUT2D eigenvalue weighted by molar-refractivity contribution is 7.15. The van der Waals surface area contributed by atoms with Crippen molar-refractivity contribution in [2.45, 2.75) is 45.2 Å². The molecule has 8 nitrogen and oxygen atoms in total. The Hall–Kier alpha value is -3.07. The third-order valence-electron chi connectivity index (χ3n) is 6.83. The molecule has 2 aromatic rings. The fraction of sp³-hybridized carbons (Fsp3) is 0.458. The molecule has 1 aliphatic heterocycles. The first kappa shape index (κ1) is 21.8. The zero-order chi connectivity index (χ0) is 23.1. The lowest BCUT2D eigenvalue weighted by molar-refractivity contribution is -0.143. The topological polar surface area (TPSA) is 104 Å². The van der Waals surface area contributed by atoms with Crippen molar-refractivity contribution >= 4 is 34.3 Å². The highest BCUT2D eigenvalue weighted by atomic mass is 32.1. The smallest absolute Gasteiger partial charge is 0.317 e. The summed E-state index contributed by atoms with van der Waals surface area (Å²) in [6.07, 6.45) is 5.61. The molecule has 1 aromatic carbocycles. The van der Waals surface area contributed by atoms with E-state index in [1.165, 1.54) is 16.2 Å². The second-order valence-electron chi connectivity index (χ2n) is 9.29. The normalized spacial score (nSPS) is 26.6. The molecule has 33 heavy (non-hydrogen) atoms. The molecule has 3 aliphatic carbocycles. The predicted molar refractivity (Wildman–Crippen MR) is 124 cm³/mol. The molecule has 4 aliphatic rings. The molecule has 2 fully saturated rings. The summed E-state index contributed by atoms with van der Waals surface area (Å²) >= 11 is 1.31. The minimum atomic E-state index is -0.783. The summed E-state index contributed by atoms with van der Waals surface area (Å²) in [5.41, 5.74) is 0.928. The monoisotopic (exact) mass is 465 g/mol. The van der Waals surface area contributed by atoms with E-state index in [4.69, 9.17) is 0 Å². The van der Waals surface area contributed by atoms with Gasteiger partial charge in [0, 0.05) is 12.3 Å². The van der Waals surface area contributed by atoms with E-state index in [0.29, 0.717) is 11.6 Å². The molecular formula is C24H27N5O3S. The molecule has 1 saturated heterocycles. The van der Waals surface area contributed by atoms with Gasteiger partial charge in [-0.25, -0.2) is 4.79 Å². The summed E-state index contributed by atoms with van der Waals surface area (Å²) in [5.74, 6) is -0.583. The van der Waals surface area contributed by atoms with Crippen LogP contribution in [-0.4, -0.2) is 39.1 Å². The first-order chi connectivity index (χ1) is 15.9. The molecule has 0 unspecified atom stereocenters. The van der Waals surface area contributed by atoms with Gasteiger partial charge in [0.1, 0.15) is 11.2 Å². The Bertz CT molecular complexity index is 1070. The van der Waals surface area contributed by atoms with Gasteiger partial charge >= 0.3 is 6.03 Å². The van der Waals surface area contributed by atoms with Crippen molar-refractivity contribution in [1.29, 1.82) is 0 Å². The molecular weight excluding hydrogens is 438 g/mol. The van der Waals surface area contributed by atoms with E-state index in [2.05, 4.69) is 33.0 Å². The van der Waals surface area contributed by atoms with Crippen LogP contribution in [0.25, 0.3) is 0 Å². The van der Waals surface area contributed by atoms with E-state index in [-0.39, 0.29) is 41.4 Å². The molecule has 5 atom stereocenters. The Labute approximate surface area is 196 Å². The minimum Gasteiger partial charge on any atom is -0.317 e. The number of imide groups is 1. The van der Waals surface area contributed by atoms with Gasteiger partial charge in [-0.3, -0.25) is 19.8 Å². The number of hydrogen-bond donors (Lipinski definition) is 2. The molecule has 0 radical (unpaired) electrons. The van der Waals surface area contributed by atoms with Crippen LogP contribution in [0.3, 0.4) is 0 Å². The molecule has 2 bridgehead atoms. The number of carbonyl (C=O) groups is 3. The first-order valence-electron chi connectivity index (χ1n) is 11.4. The number of allylic oxidation sites excluding steroid dienone is 2. The quantitative estimate of drug-likeness (QED) is 0.502. The van der Waals surface area contributed by atoms with Crippen LogP contribution in [0.1, 0.15) is 43.2 Å². The fourth-order valence-electron chi connectivity index (χ4n) is 5.25. The van der Waals surface area contributed by atoms with Crippen molar-refractivity contribution in [3.8, 4) is 0 Å². The molecule has 6 rings (SSSR count). The van der Waals surface area contributed by atoms with Gasteiger partial charge in [0.05, 0.1) is 11.8 Å². The van der Waals surface area contributed by atoms with Gasteiger partial charge in [-0.2, -0.15) is 0 Å². The average molecular weight is 466 g/mol. The Morgan fingerprint density at radius 1 is 1.06 bits per heavy atom. The Balaban J connectivity index is 1.38. The van der Waals surface area contributed by atoms with Crippen LogP contribution < -0.4 is 10.6 Å². The number of urea groups is 1. The van der Waals surface area contributed by atoms with Crippen LogP contribution >= 0.6 is 11.3 Å². The van der Waals surface area contributed by atoms with Crippen molar-refractivity contribution in [3.05, 3.63) is 53.1 Å². The fourth-order valence-corrected chi connectivity index (χ4v) is 5.99. The maximum absolute atomic E-state index is 13.5. The number of nitrogens with zero attached hydrogens (tertiary/aromatic N) is 3. The molecule has 1 aromatic heterocycles. The van der Waals surface area contributed by atoms with Crippen molar-refractivity contribution < 1.29 is 14.4 Å². The Morgan fingerprint density at radius 2 is 1.70 bits per heavy atom. The molecule has 0 spiro atoms. The molecule has 1 saturated carbocycles. The summed E-state index contributed by atoms with van der Waals surface area (Å²) in [7, 11) is 0. The van der Waals surface area contributed by atoms with E-state index in [9.17, 15) is 14.4 Å². The largest absolute Gasteiger partial charge is 0.322 e. The third-order valence-corrected chi connectivity index (χ3v) is 7.97. The third kappa shape index (κ3) is 4.06. The van der Waals surface area contributed by atoms with E-state index in [0.717, 1.165) is 23.4 Å². The number of rotatable bonds is 6. The van der Waals surface area contributed by atoms with Crippen LogP contribution in [0.5, 0.6) is 0 Å². The van der Waals surface area contributed by atoms with Crippen LogP contribution in [0.15, 0.2) is 42.5 Å². The highest BCUT2D eigenvalue weighted by Gasteiger charge is 2.58. The van der Waals surface area contributed by atoms with E-state index in [1.807, 2.05) is 44.2 Å². The maximum atomic E-state index is 13.5. The summed E-state index contributed by atoms with van der Waals surface area (Å²) in [6, 6.07) is 9.05. The van der Waals surface area contributed by atoms with Gasteiger partial charge in [-0.05, 0) is 30.2 Å². The van der Waals surface area contributed by atoms with Crippen molar-refractivity contribution in [1.82, 2.24) is 20.4 Å². The summed E-state index contributed by atoms with van der Waals surface area (Å²) in [6.45, 7) is 4.01.